The Morgan fingerprint density at radius 2 is 1.73 bits per heavy atom. The fraction of sp³-hybridized carbons (Fsp3) is 0.0909. The summed E-state index contributed by atoms with van der Waals surface area (Å²) in [5.41, 5.74) is 8.92. The van der Waals surface area contributed by atoms with Gasteiger partial charge < -0.3 is 15.4 Å². The van der Waals surface area contributed by atoms with E-state index in [1.165, 1.54) is 23.1 Å². The number of thiazole rings is 1. The number of anilines is 3. The van der Waals surface area contributed by atoms with Crippen LogP contribution in [0.15, 0.2) is 99.9 Å². The van der Waals surface area contributed by atoms with E-state index in [-0.39, 0.29) is 18.4 Å². The third-order valence-electron chi connectivity index (χ3n) is 6.41. The number of hydrogen-bond donors (Lipinski definition) is 3. The Labute approximate surface area is 272 Å². The smallest absolute Gasteiger partial charge is 0.271 e. The van der Waals surface area contributed by atoms with Crippen LogP contribution in [0.2, 0.25) is 5.02 Å². The molecule has 1 aromatic heterocycles. The molecule has 0 aliphatic rings. The van der Waals surface area contributed by atoms with Gasteiger partial charge in [-0.05, 0) is 74.0 Å². The molecule has 2 amide bonds. The third kappa shape index (κ3) is 8.31. The SMILES string of the molecule is Cc1ccc(Nc2nc(-c3ccc(C(=O)N/N=C/c4cc(Br)ccc4OCC(=O)Nc4ccc(C)c(Cl)c4)cc3)cs2)cc1. The number of aromatic nitrogens is 1. The van der Waals surface area contributed by atoms with Gasteiger partial charge in [0, 0.05) is 42.9 Å². The van der Waals surface area contributed by atoms with Crippen LogP contribution in [0.1, 0.15) is 27.0 Å². The van der Waals surface area contributed by atoms with Gasteiger partial charge in [-0.25, -0.2) is 10.4 Å². The van der Waals surface area contributed by atoms with Gasteiger partial charge in [0.25, 0.3) is 11.8 Å². The highest BCUT2D eigenvalue weighted by molar-refractivity contribution is 9.10. The minimum absolute atomic E-state index is 0.227. The number of nitrogens with zero attached hydrogens (tertiary/aromatic N) is 2. The number of hydrogen-bond acceptors (Lipinski definition) is 7. The van der Waals surface area contributed by atoms with Crippen LogP contribution in [0.4, 0.5) is 16.5 Å². The molecule has 3 N–H and O–H groups in total. The molecular formula is C33H27BrClN5O3S. The molecule has 0 aliphatic carbocycles. The zero-order chi connectivity index (χ0) is 31.1. The van der Waals surface area contributed by atoms with E-state index in [1.807, 2.05) is 61.7 Å². The molecule has 4 aromatic carbocycles. The summed E-state index contributed by atoms with van der Waals surface area (Å²) < 4.78 is 6.52. The molecule has 0 saturated carbocycles. The highest BCUT2D eigenvalue weighted by atomic mass is 79.9. The van der Waals surface area contributed by atoms with Crippen LogP contribution in [0.5, 0.6) is 5.75 Å². The van der Waals surface area contributed by atoms with Gasteiger partial charge in [-0.15, -0.1) is 11.3 Å². The van der Waals surface area contributed by atoms with Crippen molar-refractivity contribution in [2.75, 3.05) is 17.2 Å². The van der Waals surface area contributed by atoms with Gasteiger partial charge in [-0.2, -0.15) is 5.10 Å². The summed E-state index contributed by atoms with van der Waals surface area (Å²) in [7, 11) is 0. The Kier molecular flexibility index (Phi) is 10.1. The van der Waals surface area contributed by atoms with Crippen molar-refractivity contribution in [3.8, 4) is 17.0 Å². The Balaban J connectivity index is 1.16. The van der Waals surface area contributed by atoms with Crippen LogP contribution >= 0.6 is 38.9 Å². The van der Waals surface area contributed by atoms with E-state index in [2.05, 4.69) is 42.1 Å². The lowest BCUT2D eigenvalue weighted by Gasteiger charge is -2.11. The highest BCUT2D eigenvalue weighted by Gasteiger charge is 2.10. The van der Waals surface area contributed by atoms with Crippen molar-refractivity contribution in [3.05, 3.63) is 122 Å². The maximum absolute atomic E-state index is 12.7. The summed E-state index contributed by atoms with van der Waals surface area (Å²) in [6.07, 6.45) is 1.46. The van der Waals surface area contributed by atoms with Crippen molar-refractivity contribution in [1.29, 1.82) is 0 Å². The minimum atomic E-state index is -0.374. The van der Waals surface area contributed by atoms with E-state index in [0.717, 1.165) is 32.1 Å². The van der Waals surface area contributed by atoms with Crippen LogP contribution in [-0.4, -0.2) is 29.6 Å². The van der Waals surface area contributed by atoms with Crippen LogP contribution in [-0.2, 0) is 4.79 Å². The first kappa shape index (κ1) is 30.9. The summed E-state index contributed by atoms with van der Waals surface area (Å²) in [5, 5.41) is 13.5. The molecule has 0 atom stereocenters. The molecule has 0 aliphatic heterocycles. The number of halogens is 2. The second-order valence-corrected chi connectivity index (χ2v) is 12.0. The van der Waals surface area contributed by atoms with E-state index in [0.29, 0.717) is 27.6 Å². The zero-order valence-electron chi connectivity index (χ0n) is 23.7. The van der Waals surface area contributed by atoms with E-state index in [4.69, 9.17) is 16.3 Å². The summed E-state index contributed by atoms with van der Waals surface area (Å²) in [6.45, 7) is 3.71. The van der Waals surface area contributed by atoms with Crippen LogP contribution in [0, 0.1) is 13.8 Å². The van der Waals surface area contributed by atoms with Gasteiger partial charge >= 0.3 is 0 Å². The molecule has 11 heteroatoms. The summed E-state index contributed by atoms with van der Waals surface area (Å²) in [5.74, 6) is -0.294. The summed E-state index contributed by atoms with van der Waals surface area (Å²) in [6, 6.07) is 25.8. The van der Waals surface area contributed by atoms with Crippen molar-refractivity contribution < 1.29 is 14.3 Å². The highest BCUT2D eigenvalue weighted by Crippen LogP contribution is 2.28. The van der Waals surface area contributed by atoms with E-state index < -0.39 is 0 Å². The monoisotopic (exact) mass is 687 g/mol. The number of hydrazone groups is 1. The number of ether oxygens (including phenoxy) is 1. The van der Waals surface area contributed by atoms with Crippen molar-refractivity contribution >= 4 is 73.4 Å². The molecule has 222 valence electrons. The van der Waals surface area contributed by atoms with Crippen molar-refractivity contribution in [3.63, 3.8) is 0 Å². The molecule has 5 aromatic rings. The van der Waals surface area contributed by atoms with Crippen LogP contribution in [0.25, 0.3) is 11.3 Å². The largest absolute Gasteiger partial charge is 0.483 e. The molecule has 0 unspecified atom stereocenters. The van der Waals surface area contributed by atoms with Gasteiger partial charge in [0.1, 0.15) is 5.75 Å². The predicted octanol–water partition coefficient (Wildman–Crippen LogP) is 8.37. The van der Waals surface area contributed by atoms with Gasteiger partial charge in [0.2, 0.25) is 0 Å². The Hall–Kier alpha value is -4.51. The first-order valence-electron chi connectivity index (χ1n) is 13.4. The number of benzene rings is 4. The number of nitrogens with one attached hydrogen (secondary N) is 3. The Morgan fingerprint density at radius 3 is 2.48 bits per heavy atom. The molecule has 0 saturated heterocycles. The average molecular weight is 689 g/mol. The summed E-state index contributed by atoms with van der Waals surface area (Å²) >= 11 is 11.1. The Morgan fingerprint density at radius 1 is 0.977 bits per heavy atom. The van der Waals surface area contributed by atoms with Gasteiger partial charge in [0.15, 0.2) is 11.7 Å². The molecule has 0 spiro atoms. The predicted molar refractivity (Wildman–Crippen MR) is 182 cm³/mol. The van der Waals surface area contributed by atoms with Crippen LogP contribution < -0.4 is 20.8 Å². The third-order valence-corrected chi connectivity index (χ3v) is 8.06. The molecule has 0 fully saturated rings. The zero-order valence-corrected chi connectivity index (χ0v) is 26.9. The van der Waals surface area contributed by atoms with E-state index in [9.17, 15) is 9.59 Å². The van der Waals surface area contributed by atoms with Crippen molar-refractivity contribution in [2.45, 2.75) is 13.8 Å². The molecule has 8 nitrogen and oxygen atoms in total. The van der Waals surface area contributed by atoms with E-state index in [1.54, 1.807) is 42.5 Å². The van der Waals surface area contributed by atoms with Crippen LogP contribution in [0.3, 0.4) is 0 Å². The standard InChI is InChI=1S/C33H27BrClN5O3S/c1-20-3-11-26(12-4-20)38-33-39-29(19-44-33)22-6-8-23(9-7-22)32(42)40-36-17-24-15-25(34)10-14-30(24)43-18-31(41)37-27-13-5-21(2)28(35)16-27/h3-17,19H,18H2,1-2H3,(H,37,41)(H,38,39)(H,40,42)/b36-17+. The average Bonchev–Trinajstić information content (AvgIpc) is 3.48. The topological polar surface area (TPSA) is 105 Å². The number of carbonyl (C=O) groups is 2. The molecule has 5 rings (SSSR count). The lowest BCUT2D eigenvalue weighted by Crippen LogP contribution is -2.20. The number of rotatable bonds is 10. The molecule has 1 heterocycles. The maximum Gasteiger partial charge on any atom is 0.271 e. The van der Waals surface area contributed by atoms with Gasteiger partial charge in [-0.3, -0.25) is 9.59 Å². The molecule has 0 radical (unpaired) electrons. The van der Waals surface area contributed by atoms with Gasteiger partial charge in [-0.1, -0.05) is 63.4 Å². The van der Waals surface area contributed by atoms with Crippen molar-refractivity contribution in [2.24, 2.45) is 5.10 Å². The molecular weight excluding hydrogens is 662 g/mol. The fourth-order valence-electron chi connectivity index (χ4n) is 4.00. The lowest BCUT2D eigenvalue weighted by atomic mass is 10.1. The number of amides is 2. The number of aryl methyl sites for hydroxylation is 2. The second kappa shape index (κ2) is 14.3. The maximum atomic E-state index is 12.7. The fourth-order valence-corrected chi connectivity index (χ4v) is 5.30. The van der Waals surface area contributed by atoms with Gasteiger partial charge in [0.05, 0.1) is 11.9 Å². The molecule has 44 heavy (non-hydrogen) atoms. The van der Waals surface area contributed by atoms with Crippen molar-refractivity contribution in [1.82, 2.24) is 10.4 Å². The first-order valence-corrected chi connectivity index (χ1v) is 15.5. The second-order valence-electron chi connectivity index (χ2n) is 9.79. The Bertz CT molecular complexity index is 1820. The first-order chi connectivity index (χ1) is 21.2. The molecule has 0 bridgehead atoms. The minimum Gasteiger partial charge on any atom is -0.483 e. The number of carbonyl (C=O) groups excluding carboxylic acids is 2. The lowest BCUT2D eigenvalue weighted by molar-refractivity contribution is -0.118. The summed E-state index contributed by atoms with van der Waals surface area (Å²) in [4.78, 5) is 29.8. The quantitative estimate of drug-likeness (QED) is 0.101. The van der Waals surface area contributed by atoms with E-state index >= 15 is 0 Å². The normalized spacial score (nSPS) is 10.9.